The number of benzene rings is 2. The fraction of sp³-hybridized carbons (Fsp3) is 0.333. The lowest BCUT2D eigenvalue weighted by molar-refractivity contribution is -0.116. The van der Waals surface area contributed by atoms with E-state index < -0.39 is 0 Å². The molecule has 0 aliphatic carbocycles. The molecule has 2 rings (SSSR count). The van der Waals surface area contributed by atoms with Crippen LogP contribution >= 0.6 is 0 Å². The van der Waals surface area contributed by atoms with Crippen molar-refractivity contribution in [2.24, 2.45) is 0 Å². The van der Waals surface area contributed by atoms with E-state index in [4.69, 9.17) is 4.74 Å². The normalized spacial score (nSPS) is 10.2. The van der Waals surface area contributed by atoms with Gasteiger partial charge in [0.15, 0.2) is 0 Å². The number of rotatable bonds is 8. The first-order valence-corrected chi connectivity index (χ1v) is 9.08. The Morgan fingerprint density at radius 3 is 2.41 bits per heavy atom. The predicted octanol–water partition coefficient (Wildman–Crippen LogP) is 3.53. The van der Waals surface area contributed by atoms with Gasteiger partial charge in [0.25, 0.3) is 0 Å². The number of nitrogens with one attached hydrogen (secondary N) is 3. The van der Waals surface area contributed by atoms with Crippen LogP contribution in [0.25, 0.3) is 0 Å². The van der Waals surface area contributed by atoms with Crippen molar-refractivity contribution in [1.29, 1.82) is 0 Å². The van der Waals surface area contributed by atoms with Crippen LogP contribution in [0.4, 0.5) is 10.5 Å². The van der Waals surface area contributed by atoms with Crippen LogP contribution in [0.5, 0.6) is 5.75 Å². The summed E-state index contributed by atoms with van der Waals surface area (Å²) in [7, 11) is 0. The average molecular weight is 369 g/mol. The van der Waals surface area contributed by atoms with Crippen molar-refractivity contribution in [2.45, 2.75) is 33.7 Å². The van der Waals surface area contributed by atoms with Crippen molar-refractivity contribution in [3.05, 3.63) is 59.2 Å². The summed E-state index contributed by atoms with van der Waals surface area (Å²) in [4.78, 5) is 23.4. The van der Waals surface area contributed by atoms with Gasteiger partial charge in [0, 0.05) is 18.8 Å². The molecule has 2 aromatic carbocycles. The van der Waals surface area contributed by atoms with E-state index in [1.54, 1.807) is 0 Å². The van der Waals surface area contributed by atoms with Crippen LogP contribution in [0.3, 0.4) is 0 Å². The van der Waals surface area contributed by atoms with Gasteiger partial charge < -0.3 is 20.7 Å². The van der Waals surface area contributed by atoms with Gasteiger partial charge in [-0.05, 0) is 50.1 Å². The number of carbonyl (C=O) groups is 2. The fourth-order valence-corrected chi connectivity index (χ4v) is 2.55. The minimum absolute atomic E-state index is 0.104. The fourth-order valence-electron chi connectivity index (χ4n) is 2.55. The van der Waals surface area contributed by atoms with Crippen LogP contribution in [0, 0.1) is 13.8 Å². The molecule has 6 heteroatoms. The van der Waals surface area contributed by atoms with Gasteiger partial charge in [0.1, 0.15) is 5.75 Å². The van der Waals surface area contributed by atoms with Gasteiger partial charge in [-0.25, -0.2) is 4.79 Å². The maximum absolute atomic E-state index is 12.1. The van der Waals surface area contributed by atoms with Crippen molar-refractivity contribution in [3.8, 4) is 5.75 Å². The van der Waals surface area contributed by atoms with E-state index in [0.29, 0.717) is 25.4 Å². The highest BCUT2D eigenvalue weighted by Crippen LogP contribution is 2.19. The Hall–Kier alpha value is -3.02. The Bertz CT molecular complexity index is 773. The molecule has 3 amide bonds. The van der Waals surface area contributed by atoms with Gasteiger partial charge in [-0.3, -0.25) is 4.79 Å². The van der Waals surface area contributed by atoms with Gasteiger partial charge >= 0.3 is 6.03 Å². The molecule has 0 aliphatic rings. The van der Waals surface area contributed by atoms with E-state index in [-0.39, 0.29) is 18.4 Å². The Kier molecular flexibility index (Phi) is 7.67. The SMILES string of the molecule is CCNC(=O)NCc1ccc(NC(=O)CCOc2ccc(C)cc2C)cc1. The van der Waals surface area contributed by atoms with Crippen LogP contribution < -0.4 is 20.7 Å². The Balaban J connectivity index is 1.74. The highest BCUT2D eigenvalue weighted by molar-refractivity contribution is 5.90. The molecule has 0 spiro atoms. The minimum atomic E-state index is -0.196. The molecule has 0 saturated heterocycles. The van der Waals surface area contributed by atoms with Crippen molar-refractivity contribution in [3.63, 3.8) is 0 Å². The first-order chi connectivity index (χ1) is 13.0. The van der Waals surface area contributed by atoms with E-state index in [0.717, 1.165) is 16.9 Å². The van der Waals surface area contributed by atoms with E-state index in [1.165, 1.54) is 5.56 Å². The molecule has 0 atom stereocenters. The monoisotopic (exact) mass is 369 g/mol. The zero-order valence-corrected chi connectivity index (χ0v) is 16.1. The van der Waals surface area contributed by atoms with E-state index in [1.807, 2.05) is 57.2 Å². The summed E-state index contributed by atoms with van der Waals surface area (Å²) in [6.45, 7) is 7.23. The molecular weight excluding hydrogens is 342 g/mol. The first kappa shape index (κ1) is 20.3. The number of ether oxygens (including phenoxy) is 1. The zero-order chi connectivity index (χ0) is 19.6. The highest BCUT2D eigenvalue weighted by atomic mass is 16.5. The van der Waals surface area contributed by atoms with Crippen LogP contribution in [-0.4, -0.2) is 25.1 Å². The number of carbonyl (C=O) groups excluding carboxylic acids is 2. The molecule has 0 bridgehead atoms. The first-order valence-electron chi connectivity index (χ1n) is 9.08. The Labute approximate surface area is 160 Å². The molecule has 0 radical (unpaired) electrons. The van der Waals surface area contributed by atoms with Gasteiger partial charge in [0.2, 0.25) is 5.91 Å². The molecule has 144 valence electrons. The van der Waals surface area contributed by atoms with Gasteiger partial charge in [-0.2, -0.15) is 0 Å². The molecule has 0 aromatic heterocycles. The summed E-state index contributed by atoms with van der Waals surface area (Å²) in [6.07, 6.45) is 0.272. The molecule has 0 heterocycles. The second-order valence-corrected chi connectivity index (χ2v) is 6.33. The molecule has 6 nitrogen and oxygen atoms in total. The summed E-state index contributed by atoms with van der Waals surface area (Å²) < 4.78 is 5.69. The molecule has 0 aliphatic heterocycles. The summed E-state index contributed by atoms with van der Waals surface area (Å²) in [5.74, 6) is 0.699. The number of urea groups is 1. The third-order valence-corrected chi connectivity index (χ3v) is 3.95. The zero-order valence-electron chi connectivity index (χ0n) is 16.1. The average Bonchev–Trinajstić information content (AvgIpc) is 2.63. The number of aryl methyl sites for hydroxylation is 2. The lowest BCUT2D eigenvalue weighted by Gasteiger charge is -2.10. The number of anilines is 1. The lowest BCUT2D eigenvalue weighted by atomic mass is 10.1. The van der Waals surface area contributed by atoms with E-state index in [9.17, 15) is 9.59 Å². The number of hydrogen-bond donors (Lipinski definition) is 3. The summed E-state index contributed by atoms with van der Waals surface area (Å²) in [6, 6.07) is 13.1. The van der Waals surface area contributed by atoms with Gasteiger partial charge in [0.05, 0.1) is 13.0 Å². The molecule has 2 aromatic rings. The summed E-state index contributed by atoms with van der Waals surface area (Å²) in [5, 5.41) is 8.28. The third-order valence-electron chi connectivity index (χ3n) is 3.95. The minimum Gasteiger partial charge on any atom is -0.493 e. The summed E-state index contributed by atoms with van der Waals surface area (Å²) in [5.41, 5.74) is 3.92. The Morgan fingerprint density at radius 2 is 1.74 bits per heavy atom. The molecular formula is C21H27N3O3. The smallest absolute Gasteiger partial charge is 0.315 e. The maximum atomic E-state index is 12.1. The molecule has 3 N–H and O–H groups in total. The molecule has 0 fully saturated rings. The molecule has 0 unspecified atom stereocenters. The van der Waals surface area contributed by atoms with Gasteiger partial charge in [-0.15, -0.1) is 0 Å². The second-order valence-electron chi connectivity index (χ2n) is 6.33. The van der Waals surface area contributed by atoms with Crippen molar-refractivity contribution < 1.29 is 14.3 Å². The van der Waals surface area contributed by atoms with Gasteiger partial charge in [-0.1, -0.05) is 29.8 Å². The third kappa shape index (κ3) is 7.01. The second kappa shape index (κ2) is 10.2. The lowest BCUT2D eigenvalue weighted by Crippen LogP contribution is -2.34. The van der Waals surface area contributed by atoms with Crippen molar-refractivity contribution in [2.75, 3.05) is 18.5 Å². The Morgan fingerprint density at radius 1 is 1.00 bits per heavy atom. The topological polar surface area (TPSA) is 79.5 Å². The van der Waals surface area contributed by atoms with E-state index >= 15 is 0 Å². The summed E-state index contributed by atoms with van der Waals surface area (Å²) >= 11 is 0. The largest absolute Gasteiger partial charge is 0.493 e. The maximum Gasteiger partial charge on any atom is 0.315 e. The van der Waals surface area contributed by atoms with Crippen LogP contribution in [0.2, 0.25) is 0 Å². The number of amides is 3. The van der Waals surface area contributed by atoms with Crippen molar-refractivity contribution >= 4 is 17.6 Å². The van der Waals surface area contributed by atoms with E-state index in [2.05, 4.69) is 22.0 Å². The predicted molar refractivity (Wildman–Crippen MR) is 107 cm³/mol. The quantitative estimate of drug-likeness (QED) is 0.666. The standard InChI is InChI=1S/C21H27N3O3/c1-4-22-21(26)23-14-17-6-8-18(9-7-17)24-20(25)11-12-27-19-10-5-15(2)13-16(19)3/h5-10,13H,4,11-12,14H2,1-3H3,(H,24,25)(H2,22,23,26). The van der Waals surface area contributed by atoms with Crippen LogP contribution in [0.15, 0.2) is 42.5 Å². The molecule has 27 heavy (non-hydrogen) atoms. The molecule has 0 saturated carbocycles. The van der Waals surface area contributed by atoms with Crippen LogP contribution in [-0.2, 0) is 11.3 Å². The van der Waals surface area contributed by atoms with Crippen LogP contribution in [0.1, 0.15) is 30.0 Å². The number of hydrogen-bond acceptors (Lipinski definition) is 3. The van der Waals surface area contributed by atoms with Crippen molar-refractivity contribution in [1.82, 2.24) is 10.6 Å². The highest BCUT2D eigenvalue weighted by Gasteiger charge is 2.05.